The number of fused-ring (bicyclic) bond motifs is 1. The summed E-state index contributed by atoms with van der Waals surface area (Å²) in [4.78, 5) is 52.6. The summed E-state index contributed by atoms with van der Waals surface area (Å²) in [5.74, 6) is -1.78. The molecule has 14 nitrogen and oxygen atoms in total. The van der Waals surface area contributed by atoms with E-state index in [0.29, 0.717) is 79.6 Å². The SMILES string of the molecule is CNC(=O)CCCNc1cc(CO)c2c3c(CO)cc(=O)c4c(O)c(CCCCC(=O)NCS(=O)(=O)O)c5c(c6c(c(OC)c(=O)c1c26)CC(C)=C5)c43. The molecule has 5 aromatic rings. The van der Waals surface area contributed by atoms with Gasteiger partial charge in [0.15, 0.2) is 11.2 Å². The van der Waals surface area contributed by atoms with Crippen molar-refractivity contribution in [3.63, 3.8) is 0 Å². The van der Waals surface area contributed by atoms with E-state index in [1.807, 2.05) is 13.0 Å². The van der Waals surface area contributed by atoms with Gasteiger partial charge >= 0.3 is 0 Å². The van der Waals surface area contributed by atoms with Crippen LogP contribution >= 0.6 is 0 Å². The summed E-state index contributed by atoms with van der Waals surface area (Å²) < 4.78 is 36.9. The van der Waals surface area contributed by atoms with Crippen molar-refractivity contribution in [1.29, 1.82) is 0 Å². The number of carbonyl (C=O) groups is 2. The van der Waals surface area contributed by atoms with E-state index in [9.17, 15) is 42.9 Å². The lowest BCUT2D eigenvalue weighted by Gasteiger charge is -2.25. The van der Waals surface area contributed by atoms with Crippen molar-refractivity contribution in [3.8, 4) is 11.5 Å². The highest BCUT2D eigenvalue weighted by Crippen LogP contribution is 2.52. The van der Waals surface area contributed by atoms with Crippen molar-refractivity contribution in [3.05, 3.63) is 66.0 Å². The summed E-state index contributed by atoms with van der Waals surface area (Å²) in [6.45, 7) is 1.21. The molecule has 5 aromatic carbocycles. The fraction of sp³-hybridized carbons (Fsp3) is 0.368. The third kappa shape index (κ3) is 6.69. The number of hydrogen-bond acceptors (Lipinski definition) is 11. The average Bonchev–Trinajstić information content (AvgIpc) is 3.27. The molecule has 2 amide bonds. The van der Waals surface area contributed by atoms with E-state index in [1.165, 1.54) is 13.2 Å². The molecule has 7 N–H and O–H groups in total. The van der Waals surface area contributed by atoms with Gasteiger partial charge in [-0.1, -0.05) is 11.6 Å². The van der Waals surface area contributed by atoms with Gasteiger partial charge in [-0.15, -0.1) is 0 Å². The molecule has 0 spiro atoms. The van der Waals surface area contributed by atoms with E-state index < -0.39 is 46.0 Å². The Hall–Kier alpha value is -5.09. The second-order valence-corrected chi connectivity index (χ2v) is 14.9. The number of allylic oxidation sites excluding steroid dienone is 1. The molecule has 0 bridgehead atoms. The maximum absolute atomic E-state index is 14.5. The lowest BCUT2D eigenvalue weighted by atomic mass is 9.80. The average molecular weight is 748 g/mol. The van der Waals surface area contributed by atoms with Crippen molar-refractivity contribution in [2.45, 2.75) is 65.1 Å². The van der Waals surface area contributed by atoms with E-state index in [-0.39, 0.29) is 65.8 Å². The first-order valence-electron chi connectivity index (χ1n) is 17.3. The number of phenolic OH excluding ortho intramolecular Hbond substituents is 1. The van der Waals surface area contributed by atoms with Crippen LogP contribution in [-0.4, -0.2) is 66.7 Å². The predicted octanol–water partition coefficient (Wildman–Crippen LogP) is 3.17. The Morgan fingerprint density at radius 3 is 2.17 bits per heavy atom. The lowest BCUT2D eigenvalue weighted by molar-refractivity contribution is -0.121. The molecule has 1 aliphatic carbocycles. The molecule has 280 valence electrons. The van der Waals surface area contributed by atoms with Crippen molar-refractivity contribution in [2.75, 3.05) is 31.9 Å². The van der Waals surface area contributed by atoms with Crippen molar-refractivity contribution in [1.82, 2.24) is 10.6 Å². The monoisotopic (exact) mass is 747 g/mol. The number of phenols is 1. The molecule has 1 aliphatic rings. The molecular formula is C38H41N3O11S. The standard InChI is InChI=1S/C38H41N3O11S/c1-18-11-22-21(7-4-5-8-27(46)41-17-53(49,50)51)36(47)33-25(44)14-20(16-43)29-28-19(15-42)13-24(40-10-6-9-26(45)39-2)32-34(28)31(30(22)35(29)33)23(12-18)38(52-3)37(32)48/h11,13-14,40,42-43,47H,4-10,12,15-17H2,1-3H3,(H,39,45)(H,41,46)(H,49,50,51). The molecule has 0 aliphatic heterocycles. The maximum atomic E-state index is 14.5. The number of rotatable bonds is 15. The number of benzene rings is 5. The van der Waals surface area contributed by atoms with Gasteiger partial charge in [-0.3, -0.25) is 23.7 Å². The first-order valence-corrected chi connectivity index (χ1v) is 18.9. The Kier molecular flexibility index (Phi) is 10.5. The number of aliphatic hydroxyl groups excluding tert-OH is 2. The van der Waals surface area contributed by atoms with E-state index in [1.54, 1.807) is 13.1 Å². The minimum Gasteiger partial charge on any atom is -0.507 e. The first-order chi connectivity index (χ1) is 25.3. The normalized spacial score (nSPS) is 12.9. The van der Waals surface area contributed by atoms with Gasteiger partial charge in [0.05, 0.1) is 31.1 Å². The van der Waals surface area contributed by atoms with Gasteiger partial charge < -0.3 is 36.0 Å². The fourth-order valence-electron chi connectivity index (χ4n) is 7.81. The van der Waals surface area contributed by atoms with Gasteiger partial charge in [0.2, 0.25) is 17.2 Å². The summed E-state index contributed by atoms with van der Waals surface area (Å²) in [7, 11) is -1.42. The first kappa shape index (κ1) is 37.7. The van der Waals surface area contributed by atoms with Gasteiger partial charge in [-0.05, 0) is 89.4 Å². The minimum atomic E-state index is -4.39. The number of aromatic hydroxyl groups is 1. The zero-order valence-electron chi connectivity index (χ0n) is 29.6. The predicted molar refractivity (Wildman–Crippen MR) is 203 cm³/mol. The number of nitrogens with one attached hydrogen (secondary N) is 3. The van der Waals surface area contributed by atoms with Gasteiger partial charge in [-0.2, -0.15) is 8.42 Å². The van der Waals surface area contributed by atoms with E-state index in [2.05, 4.69) is 16.0 Å². The Bertz CT molecular complexity index is 2570. The van der Waals surface area contributed by atoms with Crippen molar-refractivity contribution in [2.24, 2.45) is 0 Å². The third-order valence-electron chi connectivity index (χ3n) is 10.0. The molecule has 6 rings (SSSR count). The van der Waals surface area contributed by atoms with Crippen LogP contribution in [0.4, 0.5) is 5.69 Å². The summed E-state index contributed by atoms with van der Waals surface area (Å²) in [5, 5.41) is 44.8. The number of amides is 2. The molecule has 15 heteroatoms. The van der Waals surface area contributed by atoms with Crippen LogP contribution in [0.5, 0.6) is 11.5 Å². The number of ether oxygens (including phenoxy) is 1. The van der Waals surface area contributed by atoms with Crippen LogP contribution < -0.4 is 31.5 Å². The van der Waals surface area contributed by atoms with Gasteiger partial charge in [0.1, 0.15) is 11.6 Å². The number of aliphatic hydroxyl groups is 2. The summed E-state index contributed by atoms with van der Waals surface area (Å²) in [5.41, 5.74) is 2.60. The molecular weight excluding hydrogens is 706 g/mol. The van der Waals surface area contributed by atoms with Gasteiger partial charge in [0.25, 0.3) is 10.1 Å². The largest absolute Gasteiger partial charge is 0.507 e. The second kappa shape index (κ2) is 14.7. The lowest BCUT2D eigenvalue weighted by Crippen LogP contribution is -2.28. The quantitative estimate of drug-likeness (QED) is 0.0355. The van der Waals surface area contributed by atoms with E-state index in [4.69, 9.17) is 9.29 Å². The highest BCUT2D eigenvalue weighted by atomic mass is 32.2. The zero-order valence-corrected chi connectivity index (χ0v) is 30.4. The van der Waals surface area contributed by atoms with Crippen LogP contribution in [0.15, 0.2) is 27.3 Å². The van der Waals surface area contributed by atoms with Gasteiger partial charge in [0, 0.05) is 54.0 Å². The Morgan fingerprint density at radius 2 is 1.53 bits per heavy atom. The Morgan fingerprint density at radius 1 is 0.868 bits per heavy atom. The number of anilines is 1. The second-order valence-electron chi connectivity index (χ2n) is 13.4. The highest BCUT2D eigenvalue weighted by Gasteiger charge is 2.32. The zero-order chi connectivity index (χ0) is 38.4. The van der Waals surface area contributed by atoms with Crippen LogP contribution in [0, 0.1) is 0 Å². The van der Waals surface area contributed by atoms with Crippen molar-refractivity contribution < 1.29 is 42.6 Å². The summed E-state index contributed by atoms with van der Waals surface area (Å²) >= 11 is 0. The van der Waals surface area contributed by atoms with E-state index in [0.717, 1.165) is 5.57 Å². The number of hydrogen-bond donors (Lipinski definition) is 7. The minimum absolute atomic E-state index is 0.0139. The molecule has 0 radical (unpaired) electrons. The maximum Gasteiger partial charge on any atom is 0.283 e. The van der Waals surface area contributed by atoms with Crippen LogP contribution in [0.3, 0.4) is 0 Å². The third-order valence-corrected chi connectivity index (χ3v) is 10.5. The molecule has 0 fully saturated rings. The number of unbranched alkanes of at least 4 members (excludes halogenated alkanes) is 1. The number of carbonyl (C=O) groups excluding carboxylic acids is 2. The molecule has 0 atom stereocenters. The van der Waals surface area contributed by atoms with Crippen LogP contribution in [0.2, 0.25) is 0 Å². The number of methoxy groups -OCH3 is 1. The van der Waals surface area contributed by atoms with E-state index >= 15 is 0 Å². The molecule has 0 aromatic heterocycles. The topological polar surface area (TPSA) is 229 Å². The van der Waals surface area contributed by atoms with Crippen LogP contribution in [0.1, 0.15) is 66.8 Å². The molecule has 53 heavy (non-hydrogen) atoms. The van der Waals surface area contributed by atoms with Crippen LogP contribution in [-0.2, 0) is 45.8 Å². The molecule has 0 saturated carbocycles. The molecule has 0 saturated heterocycles. The molecule has 0 unspecified atom stereocenters. The van der Waals surface area contributed by atoms with Crippen LogP contribution in [0.25, 0.3) is 49.2 Å². The fourth-order valence-corrected chi connectivity index (χ4v) is 8.16. The smallest absolute Gasteiger partial charge is 0.283 e. The Labute approximate surface area is 303 Å². The molecule has 0 heterocycles. The van der Waals surface area contributed by atoms with Crippen molar-refractivity contribution >= 4 is 76.8 Å². The van der Waals surface area contributed by atoms with Gasteiger partial charge in [-0.25, -0.2) is 0 Å². The Balaban J connectivity index is 1.67. The summed E-state index contributed by atoms with van der Waals surface area (Å²) in [6, 6.07) is 2.92. The highest BCUT2D eigenvalue weighted by molar-refractivity contribution is 7.85. The summed E-state index contributed by atoms with van der Waals surface area (Å²) in [6.07, 6.45) is 3.69.